The van der Waals surface area contributed by atoms with E-state index in [4.69, 9.17) is 10.8 Å². The largest absolute Gasteiger partial charge is 0.475 e. The monoisotopic (exact) mass is 157 g/mol. The molecule has 0 aliphatic heterocycles. The minimum Gasteiger partial charge on any atom is -0.475 e. The fourth-order valence-corrected chi connectivity index (χ4v) is 0.507. The van der Waals surface area contributed by atoms with Gasteiger partial charge in [0, 0.05) is 0 Å². The highest BCUT2D eigenvalue weighted by Gasteiger charge is 2.14. The molecule has 0 saturated heterocycles. The average Bonchev–Trinajstić information content (AvgIpc) is 2.33. The molecule has 6 heteroatoms. The Hall–Kier alpha value is -1.43. The van der Waals surface area contributed by atoms with Gasteiger partial charge in [0.2, 0.25) is 5.89 Å². The fraction of sp³-hybridized carbons (Fsp3) is 0.400. The summed E-state index contributed by atoms with van der Waals surface area (Å²) in [5, 5.41) is 11.5. The van der Waals surface area contributed by atoms with Crippen LogP contribution in [0.4, 0.5) is 0 Å². The second kappa shape index (κ2) is 2.67. The highest BCUT2D eigenvalue weighted by atomic mass is 16.5. The van der Waals surface area contributed by atoms with Crippen LogP contribution in [-0.4, -0.2) is 21.2 Å². The zero-order valence-electron chi connectivity index (χ0n) is 5.81. The van der Waals surface area contributed by atoms with E-state index in [-0.39, 0.29) is 11.7 Å². The van der Waals surface area contributed by atoms with Crippen molar-refractivity contribution in [2.75, 3.05) is 0 Å². The lowest BCUT2D eigenvalue weighted by molar-refractivity contribution is 0.0680. The van der Waals surface area contributed by atoms with Crippen LogP contribution < -0.4 is 5.73 Å². The molecular formula is C5H7N3O3. The Labute approximate surface area is 62.0 Å². The third-order valence-electron chi connectivity index (χ3n) is 1.02. The fourth-order valence-electron chi connectivity index (χ4n) is 0.507. The molecule has 0 aromatic carbocycles. The van der Waals surface area contributed by atoms with Crippen molar-refractivity contribution in [2.24, 2.45) is 5.73 Å². The first-order valence-electron chi connectivity index (χ1n) is 2.93. The van der Waals surface area contributed by atoms with Crippen LogP contribution in [0.2, 0.25) is 0 Å². The SMILES string of the molecule is CC(N)c1nc(C(=O)O)no1. The molecule has 1 rings (SSSR count). The van der Waals surface area contributed by atoms with Crippen molar-refractivity contribution in [1.29, 1.82) is 0 Å². The van der Waals surface area contributed by atoms with Crippen LogP contribution in [0.3, 0.4) is 0 Å². The lowest BCUT2D eigenvalue weighted by atomic mass is 10.4. The summed E-state index contributed by atoms with van der Waals surface area (Å²) >= 11 is 0. The number of aromatic nitrogens is 2. The first-order chi connectivity index (χ1) is 5.11. The summed E-state index contributed by atoms with van der Waals surface area (Å²) in [5.41, 5.74) is 5.34. The summed E-state index contributed by atoms with van der Waals surface area (Å²) in [6.45, 7) is 1.62. The Balaban J connectivity index is 2.90. The predicted molar refractivity (Wildman–Crippen MR) is 33.9 cm³/mol. The third-order valence-corrected chi connectivity index (χ3v) is 1.02. The number of rotatable bonds is 2. The van der Waals surface area contributed by atoms with E-state index >= 15 is 0 Å². The standard InChI is InChI=1S/C5H7N3O3/c1-2(6)4-7-3(5(9)10)8-11-4/h2H,6H2,1H3,(H,9,10). The van der Waals surface area contributed by atoms with E-state index in [2.05, 4.69) is 14.7 Å². The van der Waals surface area contributed by atoms with Crippen LogP contribution in [0.5, 0.6) is 0 Å². The van der Waals surface area contributed by atoms with Crippen LogP contribution in [-0.2, 0) is 0 Å². The van der Waals surface area contributed by atoms with Gasteiger partial charge in [-0.1, -0.05) is 0 Å². The number of aromatic carboxylic acids is 1. The van der Waals surface area contributed by atoms with E-state index in [0.717, 1.165) is 0 Å². The molecule has 1 unspecified atom stereocenters. The number of nitrogens with zero attached hydrogens (tertiary/aromatic N) is 2. The average molecular weight is 157 g/mol. The van der Waals surface area contributed by atoms with Gasteiger partial charge in [-0.3, -0.25) is 0 Å². The number of carboxylic acids is 1. The van der Waals surface area contributed by atoms with Crippen LogP contribution in [0.25, 0.3) is 0 Å². The molecule has 0 saturated carbocycles. The number of carboxylic acid groups (broad SMARTS) is 1. The molecule has 1 atom stereocenters. The Morgan fingerprint density at radius 1 is 1.82 bits per heavy atom. The van der Waals surface area contributed by atoms with Crippen LogP contribution in [0.15, 0.2) is 4.52 Å². The summed E-state index contributed by atoms with van der Waals surface area (Å²) in [6, 6.07) is -0.435. The molecule has 0 aliphatic rings. The van der Waals surface area contributed by atoms with Crippen molar-refractivity contribution in [3.8, 4) is 0 Å². The molecule has 3 N–H and O–H groups in total. The Morgan fingerprint density at radius 3 is 2.73 bits per heavy atom. The van der Waals surface area contributed by atoms with E-state index in [1.165, 1.54) is 0 Å². The van der Waals surface area contributed by atoms with Gasteiger partial charge in [-0.2, -0.15) is 4.98 Å². The number of nitrogens with two attached hydrogens (primary N) is 1. The smallest absolute Gasteiger partial charge is 0.377 e. The molecule has 1 aromatic heterocycles. The van der Waals surface area contributed by atoms with E-state index in [0.29, 0.717) is 0 Å². The number of hydrogen-bond donors (Lipinski definition) is 2. The zero-order chi connectivity index (χ0) is 8.43. The van der Waals surface area contributed by atoms with Crippen molar-refractivity contribution < 1.29 is 14.4 Å². The molecule has 0 amide bonds. The van der Waals surface area contributed by atoms with E-state index in [9.17, 15) is 4.79 Å². The normalized spacial score (nSPS) is 12.9. The summed E-state index contributed by atoms with van der Waals surface area (Å²) in [7, 11) is 0. The summed E-state index contributed by atoms with van der Waals surface area (Å²) in [4.78, 5) is 13.7. The predicted octanol–water partition coefficient (Wildman–Crippen LogP) is -0.213. The topological polar surface area (TPSA) is 102 Å². The molecule has 11 heavy (non-hydrogen) atoms. The first kappa shape index (κ1) is 7.67. The Morgan fingerprint density at radius 2 is 2.45 bits per heavy atom. The number of hydrogen-bond acceptors (Lipinski definition) is 5. The summed E-state index contributed by atoms with van der Waals surface area (Å²) in [6.07, 6.45) is 0. The van der Waals surface area contributed by atoms with E-state index < -0.39 is 12.0 Å². The lowest BCUT2D eigenvalue weighted by Crippen LogP contribution is -2.06. The van der Waals surface area contributed by atoms with Gasteiger partial charge in [0.15, 0.2) is 0 Å². The van der Waals surface area contributed by atoms with Gasteiger partial charge in [0.25, 0.3) is 5.82 Å². The van der Waals surface area contributed by atoms with Crippen LogP contribution in [0.1, 0.15) is 29.5 Å². The number of carbonyl (C=O) groups is 1. The lowest BCUT2D eigenvalue weighted by Gasteiger charge is -1.92. The van der Waals surface area contributed by atoms with Crippen molar-refractivity contribution in [2.45, 2.75) is 13.0 Å². The molecular weight excluding hydrogens is 150 g/mol. The minimum atomic E-state index is -1.22. The highest BCUT2D eigenvalue weighted by molar-refractivity contribution is 5.82. The first-order valence-corrected chi connectivity index (χ1v) is 2.93. The molecule has 0 aliphatic carbocycles. The molecule has 0 radical (unpaired) electrons. The van der Waals surface area contributed by atoms with Gasteiger partial charge in [0.1, 0.15) is 0 Å². The molecule has 0 spiro atoms. The Bertz CT molecular complexity index is 268. The maximum atomic E-state index is 10.2. The summed E-state index contributed by atoms with van der Waals surface area (Å²) in [5.74, 6) is -1.46. The third kappa shape index (κ3) is 1.53. The van der Waals surface area contributed by atoms with Gasteiger partial charge in [-0.15, -0.1) is 0 Å². The zero-order valence-corrected chi connectivity index (χ0v) is 5.81. The van der Waals surface area contributed by atoms with Gasteiger partial charge in [-0.25, -0.2) is 4.79 Å². The van der Waals surface area contributed by atoms with Crippen molar-refractivity contribution in [1.82, 2.24) is 10.1 Å². The highest BCUT2D eigenvalue weighted by Crippen LogP contribution is 2.05. The maximum absolute atomic E-state index is 10.2. The van der Waals surface area contributed by atoms with Gasteiger partial charge in [0.05, 0.1) is 6.04 Å². The second-order valence-corrected chi connectivity index (χ2v) is 2.05. The van der Waals surface area contributed by atoms with Crippen molar-refractivity contribution >= 4 is 5.97 Å². The van der Waals surface area contributed by atoms with Gasteiger partial charge in [-0.05, 0) is 12.1 Å². The quantitative estimate of drug-likeness (QED) is 0.615. The molecule has 6 nitrogen and oxygen atoms in total. The molecule has 0 fully saturated rings. The van der Waals surface area contributed by atoms with E-state index in [1.54, 1.807) is 6.92 Å². The van der Waals surface area contributed by atoms with Crippen LogP contribution >= 0.6 is 0 Å². The van der Waals surface area contributed by atoms with Crippen molar-refractivity contribution in [3.05, 3.63) is 11.7 Å². The van der Waals surface area contributed by atoms with E-state index in [1.807, 2.05) is 0 Å². The maximum Gasteiger partial charge on any atom is 0.377 e. The second-order valence-electron chi connectivity index (χ2n) is 2.05. The Kier molecular flexibility index (Phi) is 1.86. The summed E-state index contributed by atoms with van der Waals surface area (Å²) < 4.78 is 4.52. The minimum absolute atomic E-state index is 0.127. The molecule has 1 heterocycles. The van der Waals surface area contributed by atoms with Crippen molar-refractivity contribution in [3.63, 3.8) is 0 Å². The van der Waals surface area contributed by atoms with Gasteiger partial charge >= 0.3 is 5.97 Å². The molecule has 1 aromatic rings. The molecule has 60 valence electrons. The van der Waals surface area contributed by atoms with Crippen LogP contribution in [0, 0.1) is 0 Å². The van der Waals surface area contributed by atoms with Gasteiger partial charge < -0.3 is 15.4 Å². The molecule has 0 bridgehead atoms.